The SMILES string of the molecule is CC(=O)O[C@@H]1C[C@H]2[C@@H]3CC=C4C[C@@H](O[C@@H]5O[C@H](CO)[C@@H](O)[C@H](O)[C@H]5O)CC[C@]4(C)[C@H]3CC[C@]2(C)[C@H]1[C@H](C)C1=NC[C@@H](C)C(=O)C1. The number of rotatable bonds is 6. The van der Waals surface area contributed by atoms with E-state index in [9.17, 15) is 30.0 Å². The Morgan fingerprint density at radius 1 is 1.13 bits per heavy atom. The zero-order valence-electron chi connectivity index (χ0n) is 27.4. The first-order valence-corrected chi connectivity index (χ1v) is 17.2. The molecule has 0 aromatic carbocycles. The molecule has 3 saturated carbocycles. The second-order valence-corrected chi connectivity index (χ2v) is 15.6. The van der Waals surface area contributed by atoms with E-state index in [0.717, 1.165) is 44.2 Å². The maximum atomic E-state index is 12.7. The van der Waals surface area contributed by atoms with E-state index >= 15 is 0 Å². The van der Waals surface area contributed by atoms with Crippen LogP contribution >= 0.6 is 0 Å². The number of ether oxygens (including phenoxy) is 3. The molecule has 0 unspecified atom stereocenters. The van der Waals surface area contributed by atoms with Crippen molar-refractivity contribution in [2.24, 2.45) is 51.3 Å². The van der Waals surface area contributed by atoms with Crippen LogP contribution in [0.15, 0.2) is 16.6 Å². The van der Waals surface area contributed by atoms with E-state index in [0.29, 0.717) is 37.1 Å². The van der Waals surface area contributed by atoms with E-state index in [1.54, 1.807) is 0 Å². The fourth-order valence-corrected chi connectivity index (χ4v) is 10.6. The lowest BCUT2D eigenvalue weighted by atomic mass is 9.47. The number of fused-ring (bicyclic) bond motifs is 5. The molecule has 252 valence electrons. The van der Waals surface area contributed by atoms with Gasteiger partial charge in [-0.25, -0.2) is 0 Å². The van der Waals surface area contributed by atoms with Gasteiger partial charge >= 0.3 is 5.97 Å². The number of aliphatic imine (C=N–C) groups is 1. The molecule has 0 aromatic heterocycles. The fourth-order valence-electron chi connectivity index (χ4n) is 10.6. The van der Waals surface area contributed by atoms with Gasteiger partial charge in [0.05, 0.1) is 12.7 Å². The Kier molecular flexibility index (Phi) is 9.15. The number of allylic oxidation sites excluding steroid dienone is 1. The second-order valence-electron chi connectivity index (χ2n) is 15.6. The lowest BCUT2D eigenvalue weighted by Crippen LogP contribution is -2.60. The van der Waals surface area contributed by atoms with Crippen LogP contribution in [0.4, 0.5) is 0 Å². The molecule has 15 atom stereocenters. The van der Waals surface area contributed by atoms with Crippen LogP contribution < -0.4 is 0 Å². The number of nitrogens with zero attached hydrogens (tertiary/aromatic N) is 1. The highest BCUT2D eigenvalue weighted by atomic mass is 16.7. The number of aliphatic hydroxyl groups is 4. The summed E-state index contributed by atoms with van der Waals surface area (Å²) in [5, 5.41) is 40.5. The molecule has 6 aliphatic rings. The topological polar surface area (TPSA) is 155 Å². The summed E-state index contributed by atoms with van der Waals surface area (Å²) in [6.45, 7) is 10.5. The summed E-state index contributed by atoms with van der Waals surface area (Å²) in [7, 11) is 0. The van der Waals surface area contributed by atoms with Gasteiger partial charge in [-0.3, -0.25) is 14.6 Å². The van der Waals surface area contributed by atoms with Gasteiger partial charge in [0, 0.05) is 43.4 Å². The maximum Gasteiger partial charge on any atom is 0.302 e. The summed E-state index contributed by atoms with van der Waals surface area (Å²) in [6, 6.07) is 0. The average Bonchev–Trinajstić information content (AvgIpc) is 3.29. The molecule has 2 heterocycles. The maximum absolute atomic E-state index is 12.7. The molecule has 0 amide bonds. The van der Waals surface area contributed by atoms with E-state index in [2.05, 4.69) is 26.8 Å². The third-order valence-corrected chi connectivity index (χ3v) is 13.2. The van der Waals surface area contributed by atoms with Gasteiger partial charge in [-0.05, 0) is 73.5 Å². The Morgan fingerprint density at radius 3 is 2.58 bits per heavy atom. The summed E-state index contributed by atoms with van der Waals surface area (Å²) in [5.41, 5.74) is 2.33. The van der Waals surface area contributed by atoms with Gasteiger partial charge in [0.1, 0.15) is 36.3 Å². The number of ketones is 1. The average molecular weight is 632 g/mol. The number of carbonyl (C=O) groups is 2. The Labute approximate surface area is 266 Å². The monoisotopic (exact) mass is 631 g/mol. The van der Waals surface area contributed by atoms with Crippen LogP contribution in [0.2, 0.25) is 0 Å². The molecule has 4 N–H and O–H groups in total. The van der Waals surface area contributed by atoms with Gasteiger partial charge in [0.15, 0.2) is 6.29 Å². The van der Waals surface area contributed by atoms with Crippen LogP contribution in [-0.4, -0.2) is 94.0 Å². The lowest BCUT2D eigenvalue weighted by Gasteiger charge is -2.58. The molecule has 6 rings (SSSR count). The van der Waals surface area contributed by atoms with Crippen molar-refractivity contribution in [1.29, 1.82) is 0 Å². The molecule has 0 bridgehead atoms. The molecule has 10 heteroatoms. The lowest BCUT2D eigenvalue weighted by molar-refractivity contribution is -0.313. The smallest absolute Gasteiger partial charge is 0.302 e. The quantitative estimate of drug-likeness (QED) is 0.256. The molecular weight excluding hydrogens is 578 g/mol. The Morgan fingerprint density at radius 2 is 1.89 bits per heavy atom. The summed E-state index contributed by atoms with van der Waals surface area (Å²) in [6.07, 6.45) is 2.35. The summed E-state index contributed by atoms with van der Waals surface area (Å²) in [5.74, 6) is 1.51. The zero-order valence-corrected chi connectivity index (χ0v) is 27.4. The third-order valence-electron chi connectivity index (χ3n) is 13.2. The highest BCUT2D eigenvalue weighted by Gasteiger charge is 2.63. The molecule has 10 nitrogen and oxygen atoms in total. The van der Waals surface area contributed by atoms with Crippen LogP contribution in [0.5, 0.6) is 0 Å². The van der Waals surface area contributed by atoms with Gasteiger partial charge in [-0.2, -0.15) is 0 Å². The van der Waals surface area contributed by atoms with Crippen molar-refractivity contribution in [3.05, 3.63) is 11.6 Å². The van der Waals surface area contributed by atoms with Gasteiger partial charge in [-0.1, -0.05) is 39.3 Å². The molecular formula is C35H53NO9. The summed E-state index contributed by atoms with van der Waals surface area (Å²) in [4.78, 5) is 29.9. The summed E-state index contributed by atoms with van der Waals surface area (Å²) < 4.78 is 17.9. The number of aliphatic hydroxyl groups excluding tert-OH is 4. The number of carbonyl (C=O) groups excluding carboxylic acids is 2. The van der Waals surface area contributed by atoms with Crippen LogP contribution in [0, 0.1) is 46.3 Å². The molecule has 2 aliphatic heterocycles. The Hall–Kier alpha value is -1.69. The molecule has 1 saturated heterocycles. The van der Waals surface area contributed by atoms with E-state index in [4.69, 9.17) is 19.2 Å². The van der Waals surface area contributed by atoms with Crippen LogP contribution in [-0.2, 0) is 23.8 Å². The van der Waals surface area contributed by atoms with Crippen molar-refractivity contribution in [2.45, 2.75) is 129 Å². The van der Waals surface area contributed by atoms with Gasteiger partial charge < -0.3 is 34.6 Å². The minimum absolute atomic E-state index is 0.0100. The minimum atomic E-state index is -1.45. The first-order valence-electron chi connectivity index (χ1n) is 17.2. The van der Waals surface area contributed by atoms with Crippen molar-refractivity contribution < 1.29 is 44.2 Å². The van der Waals surface area contributed by atoms with Crippen molar-refractivity contribution in [2.75, 3.05) is 13.2 Å². The molecule has 0 spiro atoms. The van der Waals surface area contributed by atoms with E-state index < -0.39 is 37.3 Å². The number of hydrogen-bond donors (Lipinski definition) is 4. The standard InChI is InChI=1S/C35H53NO9/c1-17-15-36-25(14-26(17)39)18(2)29-27(43-19(3)38)13-24-22-7-6-20-12-21(8-10-34(20,4)23(22)9-11-35(24,29)5)44-33-32(42)31(41)30(40)28(16-37)45-33/h6,17-18,21-24,27-33,37,40-42H,7-16H2,1-5H3/t17-,18-,21+,22-,23+,24+,27-,28-,29+,30-,31+,32-,33-,34+,35+/m1/s1. The first-order chi connectivity index (χ1) is 21.3. The van der Waals surface area contributed by atoms with E-state index in [1.807, 2.05) is 6.92 Å². The van der Waals surface area contributed by atoms with Crippen molar-refractivity contribution in [1.82, 2.24) is 0 Å². The molecule has 0 radical (unpaired) electrons. The third kappa shape index (κ3) is 5.65. The minimum Gasteiger partial charge on any atom is -0.462 e. The fraction of sp³-hybridized carbons (Fsp3) is 0.857. The van der Waals surface area contributed by atoms with Crippen molar-refractivity contribution in [3.63, 3.8) is 0 Å². The normalized spacial score (nSPS) is 48.8. The second kappa shape index (κ2) is 12.4. The highest BCUT2D eigenvalue weighted by Crippen LogP contribution is 2.67. The molecule has 45 heavy (non-hydrogen) atoms. The van der Waals surface area contributed by atoms with Gasteiger partial charge in [0.2, 0.25) is 0 Å². The van der Waals surface area contributed by atoms with Crippen LogP contribution in [0.1, 0.15) is 86.0 Å². The number of hydrogen-bond acceptors (Lipinski definition) is 10. The van der Waals surface area contributed by atoms with Gasteiger partial charge in [0.25, 0.3) is 0 Å². The van der Waals surface area contributed by atoms with Gasteiger partial charge in [-0.15, -0.1) is 0 Å². The zero-order chi connectivity index (χ0) is 32.4. The largest absolute Gasteiger partial charge is 0.462 e. The van der Waals surface area contributed by atoms with Crippen LogP contribution in [0.3, 0.4) is 0 Å². The molecule has 0 aromatic rings. The molecule has 4 aliphatic carbocycles. The highest BCUT2D eigenvalue weighted by molar-refractivity contribution is 6.05. The van der Waals surface area contributed by atoms with Crippen LogP contribution in [0.25, 0.3) is 0 Å². The molecule has 4 fully saturated rings. The predicted octanol–water partition coefficient (Wildman–Crippen LogP) is 2.98. The Balaban J connectivity index is 1.20. The Bertz CT molecular complexity index is 1220. The van der Waals surface area contributed by atoms with E-state index in [1.165, 1.54) is 12.5 Å². The first kappa shape index (κ1) is 33.2. The summed E-state index contributed by atoms with van der Waals surface area (Å²) >= 11 is 0. The van der Waals surface area contributed by atoms with Crippen molar-refractivity contribution >= 4 is 17.5 Å². The van der Waals surface area contributed by atoms with Crippen molar-refractivity contribution in [3.8, 4) is 0 Å². The predicted molar refractivity (Wildman–Crippen MR) is 165 cm³/mol. The number of esters is 1. The van der Waals surface area contributed by atoms with E-state index in [-0.39, 0.29) is 52.5 Å². The number of Topliss-reactive ketones (excluding diaryl/α,β-unsaturated/α-hetero) is 1.